The largest absolute Gasteiger partial charge is 0.461 e. The molecule has 1 saturated carbocycles. The third-order valence-electron chi connectivity index (χ3n) is 7.96. The van der Waals surface area contributed by atoms with Crippen molar-refractivity contribution in [3.63, 3.8) is 0 Å². The fourth-order valence-electron chi connectivity index (χ4n) is 5.54. The summed E-state index contributed by atoms with van der Waals surface area (Å²) in [6, 6.07) is 12.2. The lowest BCUT2D eigenvalue weighted by atomic mass is 9.95. The van der Waals surface area contributed by atoms with Crippen molar-refractivity contribution in [2.45, 2.75) is 88.6 Å². The molecule has 6 atom stereocenters. The van der Waals surface area contributed by atoms with Crippen molar-refractivity contribution in [3.8, 4) is 5.75 Å². The molecule has 1 saturated heterocycles. The zero-order valence-electron chi connectivity index (χ0n) is 24.1. The first kappa shape index (κ1) is 31.7. The van der Waals surface area contributed by atoms with Gasteiger partial charge in [-0.25, -0.2) is 5.09 Å². The lowest BCUT2D eigenvalue weighted by molar-refractivity contribution is -0.158. The van der Waals surface area contributed by atoms with Crippen LogP contribution in [0, 0.1) is 0 Å². The number of fused-ring (bicyclic) bond motifs is 1. The van der Waals surface area contributed by atoms with Gasteiger partial charge in [-0.15, -0.1) is 0 Å². The number of aliphatic hydroxyl groups is 2. The highest BCUT2D eigenvalue weighted by atomic mass is 32.5. The van der Waals surface area contributed by atoms with E-state index in [9.17, 15) is 24.6 Å². The van der Waals surface area contributed by atoms with Crippen LogP contribution in [0.3, 0.4) is 0 Å². The molecular formula is C30H37N2O9PS. The van der Waals surface area contributed by atoms with Crippen molar-refractivity contribution in [1.29, 1.82) is 0 Å². The number of allylic oxidation sites excluding steroid dienone is 1. The molecule has 1 aliphatic carbocycles. The van der Waals surface area contributed by atoms with Gasteiger partial charge in [-0.3, -0.25) is 19.3 Å². The topological polar surface area (TPSA) is 144 Å². The molecule has 43 heavy (non-hydrogen) atoms. The van der Waals surface area contributed by atoms with Gasteiger partial charge in [0.1, 0.15) is 35.7 Å². The molecule has 11 nitrogen and oxygen atoms in total. The van der Waals surface area contributed by atoms with E-state index in [2.05, 4.69) is 5.09 Å². The summed E-state index contributed by atoms with van der Waals surface area (Å²) in [5, 5.41) is 26.8. The third-order valence-corrected chi connectivity index (χ3v) is 10.4. The number of ketones is 1. The lowest BCUT2D eigenvalue weighted by Gasteiger charge is -2.34. The van der Waals surface area contributed by atoms with Crippen LogP contribution in [0.2, 0.25) is 0 Å². The molecule has 2 aliphatic heterocycles. The van der Waals surface area contributed by atoms with Gasteiger partial charge in [-0.2, -0.15) is 0 Å². The molecule has 5 rings (SSSR count). The first-order chi connectivity index (χ1) is 20.5. The number of ether oxygens (including phenoxy) is 2. The number of nitrogens with one attached hydrogen (secondary N) is 1. The Morgan fingerprint density at radius 1 is 1.19 bits per heavy atom. The SMILES string of the molecule is C[C@H](NP(=S)(OC[C@H]1O[C@@H](N2C=CC(=O)CC2=O)[C@](C)(O)[C@@H]1O)Oc1cccc2ccccc12)C(=O)OC1CCCCC1. The highest BCUT2D eigenvalue weighted by Gasteiger charge is 2.56. The Balaban J connectivity index is 1.35. The molecule has 0 aromatic heterocycles. The Kier molecular flexibility index (Phi) is 9.67. The lowest BCUT2D eigenvalue weighted by Crippen LogP contribution is -2.54. The molecular weight excluding hydrogens is 595 g/mol. The van der Waals surface area contributed by atoms with Crippen LogP contribution in [0.25, 0.3) is 10.8 Å². The molecule has 2 aromatic rings. The van der Waals surface area contributed by atoms with Gasteiger partial charge < -0.3 is 28.7 Å². The van der Waals surface area contributed by atoms with Gasteiger partial charge >= 0.3 is 12.6 Å². The number of amides is 1. The maximum Gasteiger partial charge on any atom is 0.323 e. The van der Waals surface area contributed by atoms with Gasteiger partial charge in [-0.1, -0.05) is 42.8 Å². The molecule has 2 heterocycles. The number of hydrogen-bond acceptors (Lipinski definition) is 10. The first-order valence-electron chi connectivity index (χ1n) is 14.5. The van der Waals surface area contributed by atoms with Gasteiger partial charge in [0.05, 0.1) is 13.0 Å². The molecule has 13 heteroatoms. The Morgan fingerprint density at radius 3 is 2.65 bits per heavy atom. The van der Waals surface area contributed by atoms with E-state index in [1.165, 1.54) is 19.2 Å². The molecule has 0 bridgehead atoms. The van der Waals surface area contributed by atoms with Crippen LogP contribution in [-0.2, 0) is 40.2 Å². The van der Waals surface area contributed by atoms with Crippen LogP contribution >= 0.6 is 6.64 Å². The van der Waals surface area contributed by atoms with Crippen LogP contribution in [0.1, 0.15) is 52.4 Å². The zero-order chi connectivity index (χ0) is 30.8. The summed E-state index contributed by atoms with van der Waals surface area (Å²) in [5.41, 5.74) is -1.89. The second-order valence-electron chi connectivity index (χ2n) is 11.4. The molecule has 0 radical (unpaired) electrons. The minimum atomic E-state index is -3.53. The fraction of sp³-hybridized carbons (Fsp3) is 0.500. The molecule has 0 spiro atoms. The Morgan fingerprint density at radius 2 is 1.91 bits per heavy atom. The maximum atomic E-state index is 13.0. The second-order valence-corrected chi connectivity index (χ2v) is 14.5. The smallest absolute Gasteiger partial charge is 0.323 e. The van der Waals surface area contributed by atoms with E-state index in [0.29, 0.717) is 5.75 Å². The van der Waals surface area contributed by atoms with Crippen molar-refractivity contribution in [1.82, 2.24) is 9.99 Å². The average molecular weight is 633 g/mol. The van der Waals surface area contributed by atoms with E-state index in [0.717, 1.165) is 47.8 Å². The maximum absolute atomic E-state index is 13.0. The first-order valence-corrected chi connectivity index (χ1v) is 17.1. The van der Waals surface area contributed by atoms with E-state index in [-0.39, 0.29) is 24.9 Å². The molecule has 1 unspecified atom stereocenters. The molecule has 3 N–H and O–H groups in total. The van der Waals surface area contributed by atoms with Crippen molar-refractivity contribution >= 4 is 46.9 Å². The molecule has 1 amide bonds. The highest BCUT2D eigenvalue weighted by Crippen LogP contribution is 2.48. The quantitative estimate of drug-likeness (QED) is 0.201. The van der Waals surface area contributed by atoms with Gasteiger partial charge in [0.15, 0.2) is 12.0 Å². The number of carbonyl (C=O) groups excluding carboxylic acids is 3. The van der Waals surface area contributed by atoms with Crippen molar-refractivity contribution in [2.24, 2.45) is 0 Å². The van der Waals surface area contributed by atoms with Crippen LogP contribution in [0.15, 0.2) is 54.7 Å². The number of hydrogen-bond donors (Lipinski definition) is 3. The van der Waals surface area contributed by atoms with E-state index in [1.54, 1.807) is 13.0 Å². The van der Waals surface area contributed by atoms with E-state index in [1.807, 2.05) is 36.4 Å². The van der Waals surface area contributed by atoms with Crippen LogP contribution < -0.4 is 9.61 Å². The van der Waals surface area contributed by atoms with Gasteiger partial charge in [0.25, 0.3) is 0 Å². The van der Waals surface area contributed by atoms with Crippen molar-refractivity contribution in [3.05, 3.63) is 54.7 Å². The van der Waals surface area contributed by atoms with Gasteiger partial charge in [0.2, 0.25) is 5.91 Å². The predicted molar refractivity (Wildman–Crippen MR) is 161 cm³/mol. The second kappa shape index (κ2) is 13.1. The van der Waals surface area contributed by atoms with E-state index < -0.39 is 48.6 Å². The average Bonchev–Trinajstić information content (AvgIpc) is 3.20. The summed E-state index contributed by atoms with van der Waals surface area (Å²) in [6.07, 6.45) is 2.82. The summed E-state index contributed by atoms with van der Waals surface area (Å²) in [6.45, 7) is -0.905. The summed E-state index contributed by atoms with van der Waals surface area (Å²) < 4.78 is 24.1. The minimum Gasteiger partial charge on any atom is -0.461 e. The van der Waals surface area contributed by atoms with Crippen molar-refractivity contribution in [2.75, 3.05) is 6.61 Å². The number of rotatable bonds is 10. The number of benzene rings is 2. The van der Waals surface area contributed by atoms with E-state index >= 15 is 0 Å². The standard InChI is InChI=1S/C30H37N2O9PS/c1-19(28(36)39-22-11-4-3-5-12-22)31-42(43,41-24-14-8-10-20-9-6-7-13-23(20)24)38-18-25-27(35)30(2,37)29(40-25)32-16-15-21(33)17-26(32)34/h6-10,13-16,19,22,25,27,29,35,37H,3-5,11-12,17-18H2,1-2H3,(H,31,43)/t19-,25+,27+,29+,30+,42?/m0/s1. The monoisotopic (exact) mass is 632 g/mol. The number of aliphatic hydroxyl groups excluding tert-OH is 1. The molecule has 2 aromatic carbocycles. The molecule has 232 valence electrons. The summed E-state index contributed by atoms with van der Waals surface area (Å²) in [4.78, 5) is 38.3. The Hall–Kier alpha value is -2.70. The Bertz CT molecular complexity index is 1440. The highest BCUT2D eigenvalue weighted by molar-refractivity contribution is 8.09. The zero-order valence-corrected chi connectivity index (χ0v) is 25.8. The Labute approximate surface area is 255 Å². The van der Waals surface area contributed by atoms with E-state index in [4.69, 9.17) is 30.3 Å². The minimum absolute atomic E-state index is 0.147. The third kappa shape index (κ3) is 7.17. The predicted octanol–water partition coefficient (Wildman–Crippen LogP) is 3.47. The van der Waals surface area contributed by atoms with Crippen LogP contribution in [0.4, 0.5) is 0 Å². The number of nitrogens with zero attached hydrogens (tertiary/aromatic N) is 1. The molecule has 2 fully saturated rings. The summed E-state index contributed by atoms with van der Waals surface area (Å²) in [5.74, 6) is -0.972. The normalized spacial score (nSPS) is 28.6. The fourth-order valence-corrected chi connectivity index (χ4v) is 7.96. The van der Waals surface area contributed by atoms with Crippen LogP contribution in [0.5, 0.6) is 5.75 Å². The van der Waals surface area contributed by atoms with Gasteiger partial charge in [-0.05, 0) is 68.9 Å². The number of carbonyl (C=O) groups is 3. The van der Waals surface area contributed by atoms with Gasteiger partial charge in [0, 0.05) is 11.6 Å². The summed E-state index contributed by atoms with van der Waals surface area (Å²) in [7, 11) is 0. The summed E-state index contributed by atoms with van der Waals surface area (Å²) >= 11 is 5.90. The van der Waals surface area contributed by atoms with Crippen LogP contribution in [-0.4, -0.2) is 75.6 Å². The van der Waals surface area contributed by atoms with Crippen molar-refractivity contribution < 1.29 is 43.1 Å². The number of esters is 1. The molecule has 3 aliphatic rings.